The Balaban J connectivity index is 2.28. The lowest BCUT2D eigenvalue weighted by atomic mass is 9.95. The van der Waals surface area contributed by atoms with E-state index in [9.17, 15) is 4.79 Å². The maximum absolute atomic E-state index is 10.9. The molecule has 0 aromatic carbocycles. The van der Waals surface area contributed by atoms with Gasteiger partial charge in [0.05, 0.1) is 6.04 Å². The smallest absolute Gasteiger partial charge is 0.319 e. The Labute approximate surface area is 65.2 Å². The van der Waals surface area contributed by atoms with Gasteiger partial charge in [-0.25, -0.2) is 4.79 Å². The predicted molar refractivity (Wildman–Crippen MR) is 41.8 cm³/mol. The van der Waals surface area contributed by atoms with Crippen molar-refractivity contribution in [2.45, 2.75) is 13.0 Å². The number of nitrogens with one attached hydrogen (secondary N) is 2. The van der Waals surface area contributed by atoms with Gasteiger partial charge in [-0.3, -0.25) is 0 Å². The highest BCUT2D eigenvalue weighted by Gasteiger charge is 2.30. The first-order chi connectivity index (χ1) is 5.27. The van der Waals surface area contributed by atoms with E-state index in [1.165, 1.54) is 0 Å². The molecule has 0 aromatic heterocycles. The topological polar surface area (TPSA) is 41.1 Å². The minimum Gasteiger partial charge on any atom is -0.329 e. The summed E-state index contributed by atoms with van der Waals surface area (Å²) in [6, 6.07) is 0.0873. The minimum absolute atomic E-state index is 0.0863. The van der Waals surface area contributed by atoms with Crippen molar-refractivity contribution in [2.24, 2.45) is 5.92 Å². The molecule has 1 saturated heterocycles. The van der Waals surface area contributed by atoms with Gasteiger partial charge in [-0.2, -0.15) is 0 Å². The van der Waals surface area contributed by atoms with Crippen LogP contribution in [0.1, 0.15) is 6.92 Å². The average Bonchev–Trinajstić information content (AvgIpc) is 2.31. The summed E-state index contributed by atoms with van der Waals surface area (Å²) in [5.74, 6) is 0.397. The molecule has 2 amide bonds. The lowest BCUT2D eigenvalue weighted by Crippen LogP contribution is -2.31. The molecule has 1 aliphatic carbocycles. The van der Waals surface area contributed by atoms with Crippen molar-refractivity contribution in [3.8, 4) is 0 Å². The maximum atomic E-state index is 10.9. The Morgan fingerprint density at radius 1 is 1.55 bits per heavy atom. The summed E-state index contributed by atoms with van der Waals surface area (Å²) < 4.78 is 0. The van der Waals surface area contributed by atoms with Crippen LogP contribution in [-0.4, -0.2) is 12.1 Å². The fraction of sp³-hybridized carbons (Fsp3) is 0.375. The molecule has 2 unspecified atom stereocenters. The molecule has 2 N–H and O–H groups in total. The zero-order valence-electron chi connectivity index (χ0n) is 6.29. The molecule has 3 heteroatoms. The van der Waals surface area contributed by atoms with Crippen LogP contribution >= 0.6 is 0 Å². The summed E-state index contributed by atoms with van der Waals surface area (Å²) in [5.41, 5.74) is 0.991. The monoisotopic (exact) mass is 150 g/mol. The average molecular weight is 150 g/mol. The Kier molecular flexibility index (Phi) is 1.24. The standard InChI is InChI=1S/C8H10N2O/c1-5-3-2-4-6-7(5)10-8(11)9-6/h2-5,7H,1H3,(H2,9,10,11). The van der Waals surface area contributed by atoms with Crippen LogP contribution in [0.2, 0.25) is 0 Å². The summed E-state index contributed by atoms with van der Waals surface area (Å²) in [7, 11) is 0. The number of hydrogen-bond acceptors (Lipinski definition) is 1. The summed E-state index contributed by atoms with van der Waals surface area (Å²) in [6.45, 7) is 2.08. The van der Waals surface area contributed by atoms with Crippen LogP contribution < -0.4 is 10.6 Å². The second-order valence-corrected chi connectivity index (χ2v) is 2.94. The number of fused-ring (bicyclic) bond motifs is 1. The van der Waals surface area contributed by atoms with Gasteiger partial charge in [0, 0.05) is 11.6 Å². The Morgan fingerprint density at radius 2 is 2.36 bits per heavy atom. The van der Waals surface area contributed by atoms with Gasteiger partial charge in [-0.1, -0.05) is 19.1 Å². The lowest BCUT2D eigenvalue weighted by Gasteiger charge is -2.18. The first-order valence-electron chi connectivity index (χ1n) is 3.73. The zero-order chi connectivity index (χ0) is 7.84. The quantitative estimate of drug-likeness (QED) is 0.526. The molecule has 0 saturated carbocycles. The van der Waals surface area contributed by atoms with Crippen molar-refractivity contribution < 1.29 is 4.79 Å². The number of rotatable bonds is 0. The van der Waals surface area contributed by atoms with Crippen molar-refractivity contribution in [1.29, 1.82) is 0 Å². The van der Waals surface area contributed by atoms with Gasteiger partial charge in [-0.05, 0) is 6.08 Å². The van der Waals surface area contributed by atoms with E-state index in [0.717, 1.165) is 5.70 Å². The molecule has 2 rings (SSSR count). The number of allylic oxidation sites excluding steroid dienone is 2. The molecule has 0 spiro atoms. The Bertz CT molecular complexity index is 255. The van der Waals surface area contributed by atoms with E-state index in [1.54, 1.807) is 0 Å². The third-order valence-corrected chi connectivity index (χ3v) is 2.10. The second kappa shape index (κ2) is 2.12. The second-order valence-electron chi connectivity index (χ2n) is 2.94. The van der Waals surface area contributed by atoms with Gasteiger partial charge in [0.2, 0.25) is 0 Å². The van der Waals surface area contributed by atoms with E-state index in [1.807, 2.05) is 12.2 Å². The summed E-state index contributed by atoms with van der Waals surface area (Å²) in [4.78, 5) is 10.9. The van der Waals surface area contributed by atoms with Gasteiger partial charge in [0.25, 0.3) is 0 Å². The van der Waals surface area contributed by atoms with Crippen LogP contribution in [-0.2, 0) is 0 Å². The first-order valence-corrected chi connectivity index (χ1v) is 3.73. The van der Waals surface area contributed by atoms with Crippen LogP contribution in [0.25, 0.3) is 0 Å². The largest absolute Gasteiger partial charge is 0.329 e. The summed E-state index contributed by atoms with van der Waals surface area (Å²) >= 11 is 0. The van der Waals surface area contributed by atoms with Crippen LogP contribution in [0.5, 0.6) is 0 Å². The van der Waals surface area contributed by atoms with E-state index in [-0.39, 0.29) is 12.1 Å². The number of amides is 2. The molecule has 0 bridgehead atoms. The number of urea groups is 1. The van der Waals surface area contributed by atoms with Crippen LogP contribution in [0, 0.1) is 5.92 Å². The number of hydrogen-bond donors (Lipinski definition) is 2. The van der Waals surface area contributed by atoms with E-state index in [4.69, 9.17) is 0 Å². The molecular formula is C8H10N2O. The van der Waals surface area contributed by atoms with Gasteiger partial charge in [-0.15, -0.1) is 0 Å². The highest BCUT2D eigenvalue weighted by Crippen LogP contribution is 2.20. The van der Waals surface area contributed by atoms with Crippen LogP contribution in [0.15, 0.2) is 23.9 Å². The molecule has 58 valence electrons. The van der Waals surface area contributed by atoms with E-state index >= 15 is 0 Å². The normalized spacial score (nSPS) is 33.9. The van der Waals surface area contributed by atoms with Crippen LogP contribution in [0.4, 0.5) is 4.79 Å². The van der Waals surface area contributed by atoms with Crippen molar-refractivity contribution in [3.05, 3.63) is 23.9 Å². The van der Waals surface area contributed by atoms with Crippen molar-refractivity contribution in [2.75, 3.05) is 0 Å². The molecule has 0 aromatic rings. The summed E-state index contributed by atoms with van der Waals surface area (Å²) in [5, 5.41) is 5.58. The Hall–Kier alpha value is -1.25. The van der Waals surface area contributed by atoms with Crippen molar-refractivity contribution in [3.63, 3.8) is 0 Å². The van der Waals surface area contributed by atoms with Crippen LogP contribution in [0.3, 0.4) is 0 Å². The fourth-order valence-corrected chi connectivity index (χ4v) is 1.47. The fourth-order valence-electron chi connectivity index (χ4n) is 1.47. The van der Waals surface area contributed by atoms with Gasteiger partial charge < -0.3 is 10.6 Å². The maximum Gasteiger partial charge on any atom is 0.319 e. The summed E-state index contributed by atoms with van der Waals surface area (Å²) in [6.07, 6.45) is 5.99. The minimum atomic E-state index is -0.0863. The number of carbonyl (C=O) groups excluding carboxylic acids is 1. The Morgan fingerprint density at radius 3 is 3.09 bits per heavy atom. The molecule has 3 nitrogen and oxygen atoms in total. The number of carbonyl (C=O) groups is 1. The van der Waals surface area contributed by atoms with E-state index in [2.05, 4.69) is 23.6 Å². The highest BCUT2D eigenvalue weighted by atomic mass is 16.2. The van der Waals surface area contributed by atoms with E-state index < -0.39 is 0 Å². The zero-order valence-corrected chi connectivity index (χ0v) is 6.29. The third-order valence-electron chi connectivity index (χ3n) is 2.10. The highest BCUT2D eigenvalue weighted by molar-refractivity contribution is 5.80. The molecule has 0 radical (unpaired) electrons. The molecular weight excluding hydrogens is 140 g/mol. The van der Waals surface area contributed by atoms with Gasteiger partial charge in [0.1, 0.15) is 0 Å². The molecule has 2 atom stereocenters. The van der Waals surface area contributed by atoms with Crippen molar-refractivity contribution in [1.82, 2.24) is 10.6 Å². The molecule has 1 fully saturated rings. The first kappa shape index (κ1) is 6.46. The molecule has 1 heterocycles. The van der Waals surface area contributed by atoms with E-state index in [0.29, 0.717) is 5.92 Å². The molecule has 1 aliphatic heterocycles. The van der Waals surface area contributed by atoms with Gasteiger partial charge in [0.15, 0.2) is 0 Å². The van der Waals surface area contributed by atoms with Gasteiger partial charge >= 0.3 is 6.03 Å². The SMILES string of the molecule is CC1C=CC=C2NC(=O)NC21. The molecule has 11 heavy (non-hydrogen) atoms. The third kappa shape index (κ3) is 0.926. The van der Waals surface area contributed by atoms with Crippen molar-refractivity contribution >= 4 is 6.03 Å². The molecule has 2 aliphatic rings. The predicted octanol–water partition coefficient (Wildman–Crippen LogP) is 0.758. The lowest BCUT2D eigenvalue weighted by molar-refractivity contribution is 0.247.